The van der Waals surface area contributed by atoms with Crippen molar-refractivity contribution < 1.29 is 31.3 Å². The summed E-state index contributed by atoms with van der Waals surface area (Å²) in [6.07, 6.45) is 1.05. The third-order valence-electron chi connectivity index (χ3n) is 6.42. The third-order valence-corrected chi connectivity index (χ3v) is 8.79. The lowest BCUT2D eigenvalue weighted by atomic mass is 10.0. The molecule has 1 aliphatic heterocycles. The van der Waals surface area contributed by atoms with Crippen LogP contribution in [0.15, 0.2) is 53.1 Å². The lowest BCUT2D eigenvalue weighted by molar-refractivity contribution is 0.0901. The molecule has 1 aliphatic rings. The molecule has 0 aliphatic carbocycles. The number of benzene rings is 2. The molecule has 0 bridgehead atoms. The first-order valence-electron chi connectivity index (χ1n) is 11.5. The van der Waals surface area contributed by atoms with E-state index in [1.54, 1.807) is 31.2 Å². The van der Waals surface area contributed by atoms with Crippen LogP contribution in [0.25, 0.3) is 0 Å². The molecule has 1 unspecified atom stereocenters. The Kier molecular flexibility index (Phi) is 7.41. The molecule has 0 spiro atoms. The average Bonchev–Trinajstić information content (AvgIpc) is 3.33. The number of sulfonamides is 1. The highest BCUT2D eigenvalue weighted by molar-refractivity contribution is 7.89. The van der Waals surface area contributed by atoms with Crippen molar-refractivity contribution in [3.8, 4) is 5.88 Å². The summed E-state index contributed by atoms with van der Waals surface area (Å²) < 4.78 is 67.9. The predicted molar refractivity (Wildman–Crippen MR) is 128 cm³/mol. The first kappa shape index (κ1) is 25.8. The van der Waals surface area contributed by atoms with E-state index in [-0.39, 0.29) is 35.4 Å². The molecular weight excluding hydrogens is 492 g/mol. The highest BCUT2D eigenvalue weighted by Gasteiger charge is 2.40. The van der Waals surface area contributed by atoms with Crippen molar-refractivity contribution in [1.29, 1.82) is 0 Å². The van der Waals surface area contributed by atoms with Gasteiger partial charge < -0.3 is 14.6 Å². The number of carbonyl (C=O) groups excluding carboxylic acids is 1. The Hall–Kier alpha value is -3.31. The van der Waals surface area contributed by atoms with Crippen molar-refractivity contribution in [2.75, 3.05) is 7.11 Å². The normalized spacial score (nSPS) is 20.6. The molecule has 1 fully saturated rings. The Morgan fingerprint density at radius 3 is 2.58 bits per heavy atom. The fourth-order valence-corrected chi connectivity index (χ4v) is 6.57. The van der Waals surface area contributed by atoms with Crippen LogP contribution in [0.4, 0.5) is 8.78 Å². The highest BCUT2D eigenvalue weighted by atomic mass is 32.2. The second-order valence-electron chi connectivity index (χ2n) is 8.81. The van der Waals surface area contributed by atoms with E-state index in [2.05, 4.69) is 10.5 Å². The summed E-state index contributed by atoms with van der Waals surface area (Å²) in [7, 11) is -2.45. The molecule has 0 radical (unpaired) electrons. The Morgan fingerprint density at radius 1 is 1.19 bits per heavy atom. The molecule has 1 aromatic heterocycles. The molecule has 8 nitrogen and oxygen atoms in total. The summed E-state index contributed by atoms with van der Waals surface area (Å²) in [6.45, 7) is 2.95. The number of methoxy groups -OCH3 is 1. The van der Waals surface area contributed by atoms with E-state index in [0.717, 1.165) is 12.1 Å². The van der Waals surface area contributed by atoms with Crippen LogP contribution in [0.5, 0.6) is 5.88 Å². The summed E-state index contributed by atoms with van der Waals surface area (Å²) >= 11 is 0. The van der Waals surface area contributed by atoms with E-state index in [1.165, 1.54) is 24.4 Å². The van der Waals surface area contributed by atoms with E-state index < -0.39 is 38.9 Å². The van der Waals surface area contributed by atoms with Gasteiger partial charge in [0.1, 0.15) is 16.9 Å². The number of ether oxygens (including phenoxy) is 1. The number of carbonyl (C=O) groups is 1. The van der Waals surface area contributed by atoms with Gasteiger partial charge in [-0.15, -0.1) is 0 Å². The van der Waals surface area contributed by atoms with Gasteiger partial charge >= 0.3 is 0 Å². The molecule has 2 heterocycles. The molecule has 3 atom stereocenters. The topological polar surface area (TPSA) is 102 Å². The average molecular weight is 520 g/mol. The molecular formula is C25H27F2N3O5S. The van der Waals surface area contributed by atoms with Crippen LogP contribution in [-0.4, -0.2) is 36.9 Å². The first-order valence-corrected chi connectivity index (χ1v) is 13.0. The van der Waals surface area contributed by atoms with Gasteiger partial charge in [0, 0.05) is 23.7 Å². The maximum Gasteiger partial charge on any atom is 0.290 e. The minimum Gasteiger partial charge on any atom is -0.479 e. The number of halogens is 2. The SMILES string of the molecule is COc1cc(C(=O)NC(C)c2cc(F)c(CN3[C@H](C)CC[C@@H](c4ccccc4)S3(=O)=O)cc2F)on1. The number of nitrogens with zero attached hydrogens (tertiary/aromatic N) is 2. The highest BCUT2D eigenvalue weighted by Crippen LogP contribution is 2.38. The first-order chi connectivity index (χ1) is 17.1. The molecule has 2 aromatic carbocycles. The second-order valence-corrected chi connectivity index (χ2v) is 10.9. The Bertz CT molecular complexity index is 1350. The summed E-state index contributed by atoms with van der Waals surface area (Å²) in [5, 5.41) is 5.31. The zero-order valence-corrected chi connectivity index (χ0v) is 20.9. The lowest BCUT2D eigenvalue weighted by Crippen LogP contribution is -2.44. The van der Waals surface area contributed by atoms with Gasteiger partial charge in [-0.05, 0) is 49.5 Å². The number of hydrogen-bond donors (Lipinski definition) is 1. The largest absolute Gasteiger partial charge is 0.479 e. The molecule has 11 heteroatoms. The summed E-state index contributed by atoms with van der Waals surface area (Å²) in [6, 6.07) is 10.8. The van der Waals surface area contributed by atoms with E-state index in [1.807, 2.05) is 6.07 Å². The predicted octanol–water partition coefficient (Wildman–Crippen LogP) is 4.51. The standard InChI is InChI=1S/C25H27F2N3O5S/c1-15-9-10-23(17-7-5-4-6-8-17)36(32,33)30(15)14-18-11-21(27)19(12-20(18)26)16(2)28-25(31)22-13-24(34-3)29-35-22/h4-8,11-13,15-16,23H,9-10,14H2,1-3H3,(H,28,31)/t15-,16?,23+/m1/s1. The van der Waals surface area contributed by atoms with Gasteiger partial charge in [0.25, 0.3) is 11.8 Å². The summed E-state index contributed by atoms with van der Waals surface area (Å²) in [4.78, 5) is 12.3. The van der Waals surface area contributed by atoms with Crippen LogP contribution >= 0.6 is 0 Å². The fraction of sp³-hybridized carbons (Fsp3) is 0.360. The number of hydrogen-bond acceptors (Lipinski definition) is 6. The number of aromatic nitrogens is 1. The summed E-state index contributed by atoms with van der Waals surface area (Å²) in [5.74, 6) is -2.25. The van der Waals surface area contributed by atoms with Crippen LogP contribution in [0, 0.1) is 11.6 Å². The van der Waals surface area contributed by atoms with E-state index in [9.17, 15) is 13.2 Å². The number of rotatable bonds is 7. The van der Waals surface area contributed by atoms with Crippen LogP contribution in [0.2, 0.25) is 0 Å². The van der Waals surface area contributed by atoms with Crippen LogP contribution in [0.1, 0.15) is 65.2 Å². The van der Waals surface area contributed by atoms with Crippen LogP contribution < -0.4 is 10.1 Å². The van der Waals surface area contributed by atoms with Gasteiger partial charge in [-0.25, -0.2) is 17.2 Å². The maximum absolute atomic E-state index is 15.1. The monoisotopic (exact) mass is 519 g/mol. The van der Waals surface area contributed by atoms with Crippen molar-refractivity contribution in [3.63, 3.8) is 0 Å². The second kappa shape index (κ2) is 10.4. The minimum atomic E-state index is -3.81. The zero-order chi connectivity index (χ0) is 26.0. The maximum atomic E-state index is 15.1. The van der Waals surface area contributed by atoms with Gasteiger partial charge in [0.2, 0.25) is 15.8 Å². The van der Waals surface area contributed by atoms with Crippen molar-refractivity contribution >= 4 is 15.9 Å². The molecule has 192 valence electrons. The lowest BCUT2D eigenvalue weighted by Gasteiger charge is -2.37. The zero-order valence-electron chi connectivity index (χ0n) is 20.1. The van der Waals surface area contributed by atoms with E-state index >= 15 is 8.78 Å². The van der Waals surface area contributed by atoms with E-state index in [4.69, 9.17) is 9.26 Å². The third kappa shape index (κ3) is 5.12. The van der Waals surface area contributed by atoms with E-state index in [0.29, 0.717) is 18.4 Å². The van der Waals surface area contributed by atoms with Crippen molar-refractivity contribution in [3.05, 3.63) is 82.6 Å². The Labute approximate surface area is 208 Å². The van der Waals surface area contributed by atoms with Crippen LogP contribution in [0.3, 0.4) is 0 Å². The minimum absolute atomic E-state index is 0.0844. The molecule has 1 saturated heterocycles. The molecule has 1 amide bonds. The summed E-state index contributed by atoms with van der Waals surface area (Å²) in [5.41, 5.74) is 0.497. The number of nitrogens with one attached hydrogen (secondary N) is 1. The van der Waals surface area contributed by atoms with Crippen LogP contribution in [-0.2, 0) is 16.6 Å². The number of amides is 1. The quantitative estimate of drug-likeness (QED) is 0.493. The van der Waals surface area contributed by atoms with Gasteiger partial charge in [0.15, 0.2) is 0 Å². The van der Waals surface area contributed by atoms with Gasteiger partial charge in [0.05, 0.1) is 19.2 Å². The molecule has 3 aromatic rings. The smallest absolute Gasteiger partial charge is 0.290 e. The van der Waals surface area contributed by atoms with Gasteiger partial charge in [-0.3, -0.25) is 4.79 Å². The van der Waals surface area contributed by atoms with Crippen molar-refractivity contribution in [1.82, 2.24) is 14.8 Å². The van der Waals surface area contributed by atoms with Gasteiger partial charge in [-0.2, -0.15) is 4.31 Å². The molecule has 4 rings (SSSR count). The van der Waals surface area contributed by atoms with Crippen molar-refractivity contribution in [2.45, 2.75) is 50.6 Å². The van der Waals surface area contributed by atoms with Crippen molar-refractivity contribution in [2.24, 2.45) is 0 Å². The van der Waals surface area contributed by atoms with Gasteiger partial charge in [-0.1, -0.05) is 30.3 Å². The Balaban J connectivity index is 1.54. The molecule has 36 heavy (non-hydrogen) atoms. The fourth-order valence-electron chi connectivity index (χ4n) is 4.38. The molecule has 0 saturated carbocycles. The Morgan fingerprint density at radius 2 is 1.92 bits per heavy atom. The molecule has 1 N–H and O–H groups in total.